The Bertz CT molecular complexity index is 1280. The first kappa shape index (κ1) is 22.6. The lowest BCUT2D eigenvalue weighted by molar-refractivity contribution is -0.383. The Balaban J connectivity index is 1.82. The number of hydrogen-bond donors (Lipinski definition) is 3. The van der Waals surface area contributed by atoms with Crippen LogP contribution in [0.4, 0.5) is 27.5 Å². The van der Waals surface area contributed by atoms with Crippen LogP contribution in [0.25, 0.3) is 0 Å². The zero-order valence-electron chi connectivity index (χ0n) is 17.2. The Hall–Kier alpha value is -4.12. The summed E-state index contributed by atoms with van der Waals surface area (Å²) >= 11 is 0. The highest BCUT2D eigenvalue weighted by Crippen LogP contribution is 2.28. The Morgan fingerprint density at radius 3 is 2.31 bits per heavy atom. The lowest BCUT2D eigenvalue weighted by Crippen LogP contribution is -2.21. The summed E-state index contributed by atoms with van der Waals surface area (Å²) in [5, 5.41) is 16.0. The second-order valence-electron chi connectivity index (χ2n) is 6.64. The minimum absolute atomic E-state index is 0.00722. The molecule has 11 heteroatoms. The number of anilines is 3. The number of nitro benzene ring substituents is 1. The van der Waals surface area contributed by atoms with Gasteiger partial charge in [-0.3, -0.25) is 14.8 Å². The summed E-state index contributed by atoms with van der Waals surface area (Å²) in [6.07, 6.45) is 0. The molecular formula is C21H20N4O6S. The van der Waals surface area contributed by atoms with Crippen LogP contribution in [0.1, 0.15) is 5.56 Å². The molecule has 0 fully saturated rings. The number of ether oxygens (including phenoxy) is 1. The van der Waals surface area contributed by atoms with E-state index in [0.717, 1.165) is 0 Å². The fraction of sp³-hybridized carbons (Fsp3) is 0.0952. The SMILES string of the molecule is COc1ccccc1NS(=O)(=O)c1cc(NC(=O)Nc2ccccc2[N+](=O)[O-])ccc1C. The summed E-state index contributed by atoms with van der Waals surface area (Å²) in [6, 6.07) is 15.8. The van der Waals surface area contributed by atoms with Gasteiger partial charge in [-0.1, -0.05) is 30.3 Å². The van der Waals surface area contributed by atoms with E-state index >= 15 is 0 Å². The quantitative estimate of drug-likeness (QED) is 0.357. The predicted molar refractivity (Wildman–Crippen MR) is 121 cm³/mol. The Morgan fingerprint density at radius 2 is 1.62 bits per heavy atom. The molecule has 0 spiro atoms. The molecule has 0 atom stereocenters. The number of aryl methyl sites for hydroxylation is 1. The number of hydrogen-bond acceptors (Lipinski definition) is 6. The van der Waals surface area contributed by atoms with Crippen LogP contribution in [0.2, 0.25) is 0 Å². The molecule has 10 nitrogen and oxygen atoms in total. The first-order chi connectivity index (χ1) is 15.2. The Morgan fingerprint density at radius 1 is 0.969 bits per heavy atom. The molecule has 0 bridgehead atoms. The second-order valence-corrected chi connectivity index (χ2v) is 8.29. The Kier molecular flexibility index (Phi) is 6.59. The predicted octanol–water partition coefficient (Wildman–Crippen LogP) is 4.36. The van der Waals surface area contributed by atoms with Crippen LogP contribution in [0.15, 0.2) is 71.6 Å². The number of sulfonamides is 1. The van der Waals surface area contributed by atoms with Crippen LogP contribution >= 0.6 is 0 Å². The number of nitrogens with zero attached hydrogens (tertiary/aromatic N) is 1. The summed E-state index contributed by atoms with van der Waals surface area (Å²) in [5.41, 5.74) is 0.648. The third kappa shape index (κ3) is 5.13. The number of rotatable bonds is 7. The number of para-hydroxylation sites is 4. The highest BCUT2D eigenvalue weighted by molar-refractivity contribution is 7.92. The molecule has 0 saturated carbocycles. The minimum Gasteiger partial charge on any atom is -0.495 e. The van der Waals surface area contributed by atoms with E-state index < -0.39 is 21.0 Å². The number of urea groups is 1. The third-order valence-corrected chi connectivity index (χ3v) is 5.94. The second kappa shape index (κ2) is 9.35. The van der Waals surface area contributed by atoms with Gasteiger partial charge >= 0.3 is 6.03 Å². The van der Waals surface area contributed by atoms with Gasteiger partial charge in [0.1, 0.15) is 11.4 Å². The number of carbonyl (C=O) groups is 1. The molecule has 0 saturated heterocycles. The molecule has 3 N–H and O–H groups in total. The summed E-state index contributed by atoms with van der Waals surface area (Å²) in [6.45, 7) is 1.62. The van der Waals surface area contributed by atoms with Crippen molar-refractivity contribution in [3.63, 3.8) is 0 Å². The van der Waals surface area contributed by atoms with Crippen LogP contribution in [-0.4, -0.2) is 26.5 Å². The van der Waals surface area contributed by atoms with Crippen molar-refractivity contribution >= 4 is 38.8 Å². The number of nitro groups is 1. The average molecular weight is 456 g/mol. The molecular weight excluding hydrogens is 436 g/mol. The fourth-order valence-electron chi connectivity index (χ4n) is 2.92. The van der Waals surface area contributed by atoms with E-state index in [9.17, 15) is 23.3 Å². The van der Waals surface area contributed by atoms with Crippen LogP contribution in [0, 0.1) is 17.0 Å². The molecule has 0 radical (unpaired) electrons. The molecule has 0 aromatic heterocycles. The number of nitrogens with one attached hydrogen (secondary N) is 3. The van der Waals surface area contributed by atoms with Crippen molar-refractivity contribution in [2.24, 2.45) is 0 Å². The molecule has 3 aromatic carbocycles. The molecule has 166 valence electrons. The van der Waals surface area contributed by atoms with E-state index in [1.165, 1.54) is 43.5 Å². The molecule has 0 aliphatic rings. The molecule has 32 heavy (non-hydrogen) atoms. The van der Waals surface area contributed by atoms with Gasteiger partial charge in [-0.15, -0.1) is 0 Å². The van der Waals surface area contributed by atoms with Crippen molar-refractivity contribution in [3.05, 3.63) is 82.4 Å². The van der Waals surface area contributed by atoms with Crippen LogP contribution in [0.3, 0.4) is 0 Å². The van der Waals surface area contributed by atoms with E-state index in [-0.39, 0.29) is 27.6 Å². The van der Waals surface area contributed by atoms with Gasteiger partial charge in [0, 0.05) is 11.8 Å². The maximum absolute atomic E-state index is 13.0. The third-order valence-electron chi connectivity index (χ3n) is 4.44. The van der Waals surface area contributed by atoms with Crippen molar-refractivity contribution in [3.8, 4) is 5.75 Å². The smallest absolute Gasteiger partial charge is 0.323 e. The van der Waals surface area contributed by atoms with Crippen LogP contribution in [-0.2, 0) is 10.0 Å². The van der Waals surface area contributed by atoms with Crippen molar-refractivity contribution in [1.82, 2.24) is 0 Å². The van der Waals surface area contributed by atoms with Crippen LogP contribution < -0.4 is 20.1 Å². The van der Waals surface area contributed by atoms with Crippen LogP contribution in [0.5, 0.6) is 5.75 Å². The maximum Gasteiger partial charge on any atom is 0.323 e. The molecule has 0 unspecified atom stereocenters. The lowest BCUT2D eigenvalue weighted by atomic mass is 10.2. The van der Waals surface area contributed by atoms with Gasteiger partial charge in [0.15, 0.2) is 0 Å². The first-order valence-electron chi connectivity index (χ1n) is 9.29. The number of benzene rings is 3. The molecule has 3 rings (SSSR count). The highest BCUT2D eigenvalue weighted by atomic mass is 32.2. The van der Waals surface area contributed by atoms with E-state index in [1.807, 2.05) is 0 Å². The summed E-state index contributed by atoms with van der Waals surface area (Å²) < 4.78 is 33.6. The van der Waals surface area contributed by atoms with Gasteiger partial charge in [0.05, 0.1) is 22.6 Å². The van der Waals surface area contributed by atoms with Gasteiger partial charge in [0.25, 0.3) is 15.7 Å². The normalized spacial score (nSPS) is 10.8. The lowest BCUT2D eigenvalue weighted by Gasteiger charge is -2.14. The summed E-state index contributed by atoms with van der Waals surface area (Å²) in [5.74, 6) is 0.354. The van der Waals surface area contributed by atoms with E-state index in [4.69, 9.17) is 4.74 Å². The molecule has 3 aromatic rings. The summed E-state index contributed by atoms with van der Waals surface area (Å²) in [4.78, 5) is 22.8. The van der Waals surface area contributed by atoms with Crippen molar-refractivity contribution in [1.29, 1.82) is 0 Å². The minimum atomic E-state index is -4.00. The van der Waals surface area contributed by atoms with Gasteiger partial charge in [-0.2, -0.15) is 0 Å². The number of amides is 2. The van der Waals surface area contributed by atoms with Gasteiger partial charge < -0.3 is 15.4 Å². The zero-order chi connectivity index (χ0) is 23.3. The number of carbonyl (C=O) groups excluding carboxylic acids is 1. The van der Waals surface area contributed by atoms with Gasteiger partial charge in [-0.05, 0) is 42.8 Å². The van der Waals surface area contributed by atoms with E-state index in [1.54, 1.807) is 37.3 Å². The zero-order valence-corrected chi connectivity index (χ0v) is 18.0. The monoisotopic (exact) mass is 456 g/mol. The molecule has 2 amide bonds. The van der Waals surface area contributed by atoms with E-state index in [2.05, 4.69) is 15.4 Å². The highest BCUT2D eigenvalue weighted by Gasteiger charge is 2.20. The topological polar surface area (TPSA) is 140 Å². The fourth-order valence-corrected chi connectivity index (χ4v) is 4.26. The van der Waals surface area contributed by atoms with E-state index in [0.29, 0.717) is 11.3 Å². The Labute approximate surface area is 184 Å². The average Bonchev–Trinajstić information content (AvgIpc) is 2.75. The van der Waals surface area contributed by atoms with Crippen molar-refractivity contribution in [2.45, 2.75) is 11.8 Å². The van der Waals surface area contributed by atoms with Crippen molar-refractivity contribution < 1.29 is 22.9 Å². The van der Waals surface area contributed by atoms with Gasteiger partial charge in [0.2, 0.25) is 0 Å². The maximum atomic E-state index is 13.0. The molecule has 0 aliphatic carbocycles. The van der Waals surface area contributed by atoms with Gasteiger partial charge in [-0.25, -0.2) is 13.2 Å². The molecule has 0 heterocycles. The number of methoxy groups -OCH3 is 1. The molecule has 0 aliphatic heterocycles. The standard InChI is InChI=1S/C21H20N4O6S/c1-14-11-12-15(22-21(26)23-16-7-3-5-9-18(16)25(27)28)13-20(14)32(29,30)24-17-8-4-6-10-19(17)31-2/h3-13,24H,1-2H3,(H2,22,23,26). The first-order valence-corrected chi connectivity index (χ1v) is 10.8. The van der Waals surface area contributed by atoms with Crippen molar-refractivity contribution in [2.75, 3.05) is 22.5 Å². The summed E-state index contributed by atoms with van der Waals surface area (Å²) in [7, 11) is -2.57. The largest absolute Gasteiger partial charge is 0.495 e.